The van der Waals surface area contributed by atoms with E-state index in [1.54, 1.807) is 0 Å². The second kappa shape index (κ2) is 2.78. The Labute approximate surface area is 69.6 Å². The normalized spacial score (nSPS) is 28.1. The summed E-state index contributed by atoms with van der Waals surface area (Å²) in [5.41, 5.74) is 0.774. The third kappa shape index (κ3) is 1.31. The Morgan fingerprint density at radius 3 is 2.45 bits per heavy atom. The SMILES string of the molecule is CCNCC1(C2CC2)CCC1. The number of hydrogen-bond acceptors (Lipinski definition) is 1. The van der Waals surface area contributed by atoms with Crippen LogP contribution < -0.4 is 5.32 Å². The second-order valence-electron chi connectivity index (χ2n) is 4.27. The van der Waals surface area contributed by atoms with Crippen LogP contribution in [0.25, 0.3) is 0 Å². The van der Waals surface area contributed by atoms with Crippen LogP contribution in [0.2, 0.25) is 0 Å². The van der Waals surface area contributed by atoms with Crippen LogP contribution in [0.15, 0.2) is 0 Å². The van der Waals surface area contributed by atoms with Crippen LogP contribution in [0.1, 0.15) is 39.0 Å². The molecule has 0 amide bonds. The molecule has 0 bridgehead atoms. The van der Waals surface area contributed by atoms with Crippen LogP contribution >= 0.6 is 0 Å². The van der Waals surface area contributed by atoms with E-state index in [1.165, 1.54) is 38.6 Å². The minimum atomic E-state index is 0.774. The van der Waals surface area contributed by atoms with Gasteiger partial charge in [-0.15, -0.1) is 0 Å². The van der Waals surface area contributed by atoms with Crippen molar-refractivity contribution in [2.75, 3.05) is 13.1 Å². The van der Waals surface area contributed by atoms with Crippen molar-refractivity contribution in [1.29, 1.82) is 0 Å². The highest BCUT2D eigenvalue weighted by Gasteiger charge is 2.48. The fourth-order valence-corrected chi connectivity index (χ4v) is 2.43. The predicted molar refractivity (Wildman–Crippen MR) is 47.6 cm³/mol. The zero-order chi connectivity index (χ0) is 7.73. The topological polar surface area (TPSA) is 12.0 Å². The minimum Gasteiger partial charge on any atom is -0.316 e. The van der Waals surface area contributed by atoms with E-state index in [1.807, 2.05) is 0 Å². The number of nitrogens with one attached hydrogen (secondary N) is 1. The van der Waals surface area contributed by atoms with Gasteiger partial charge in [-0.2, -0.15) is 0 Å². The monoisotopic (exact) mass is 153 g/mol. The minimum absolute atomic E-state index is 0.774. The highest BCUT2D eigenvalue weighted by molar-refractivity contribution is 5.00. The molecule has 0 aromatic rings. The summed E-state index contributed by atoms with van der Waals surface area (Å²) < 4.78 is 0. The summed E-state index contributed by atoms with van der Waals surface area (Å²) in [6, 6.07) is 0. The summed E-state index contributed by atoms with van der Waals surface area (Å²) in [6.45, 7) is 4.65. The lowest BCUT2D eigenvalue weighted by Crippen LogP contribution is -2.41. The molecule has 2 fully saturated rings. The van der Waals surface area contributed by atoms with Crippen molar-refractivity contribution in [3.05, 3.63) is 0 Å². The smallest absolute Gasteiger partial charge is 0.00103 e. The Morgan fingerprint density at radius 1 is 1.36 bits per heavy atom. The van der Waals surface area contributed by atoms with E-state index < -0.39 is 0 Å². The molecular formula is C10H19N. The van der Waals surface area contributed by atoms with Gasteiger partial charge in [0.25, 0.3) is 0 Å². The Bertz CT molecular complexity index is 134. The second-order valence-corrected chi connectivity index (χ2v) is 4.27. The summed E-state index contributed by atoms with van der Waals surface area (Å²) in [5, 5.41) is 3.51. The molecule has 2 saturated carbocycles. The molecule has 2 aliphatic rings. The molecule has 1 N–H and O–H groups in total. The fourth-order valence-electron chi connectivity index (χ4n) is 2.43. The van der Waals surface area contributed by atoms with Gasteiger partial charge >= 0.3 is 0 Å². The molecule has 11 heavy (non-hydrogen) atoms. The van der Waals surface area contributed by atoms with E-state index in [4.69, 9.17) is 0 Å². The van der Waals surface area contributed by atoms with E-state index >= 15 is 0 Å². The van der Waals surface area contributed by atoms with Crippen molar-refractivity contribution in [3.8, 4) is 0 Å². The summed E-state index contributed by atoms with van der Waals surface area (Å²) in [4.78, 5) is 0. The van der Waals surface area contributed by atoms with Gasteiger partial charge in [0.2, 0.25) is 0 Å². The number of hydrogen-bond donors (Lipinski definition) is 1. The summed E-state index contributed by atoms with van der Waals surface area (Å²) in [7, 11) is 0. The highest BCUT2D eigenvalue weighted by Crippen LogP contribution is 2.56. The van der Waals surface area contributed by atoms with E-state index in [0.717, 1.165) is 17.9 Å². The lowest BCUT2D eigenvalue weighted by Gasteiger charge is -2.42. The van der Waals surface area contributed by atoms with Gasteiger partial charge in [0, 0.05) is 6.54 Å². The van der Waals surface area contributed by atoms with Crippen LogP contribution in [0.4, 0.5) is 0 Å². The summed E-state index contributed by atoms with van der Waals surface area (Å²) in [6.07, 6.45) is 7.54. The zero-order valence-corrected chi connectivity index (χ0v) is 7.53. The molecule has 0 heterocycles. The molecule has 0 aromatic heterocycles. The zero-order valence-electron chi connectivity index (χ0n) is 7.53. The molecule has 2 aliphatic carbocycles. The molecule has 1 heteroatoms. The third-order valence-corrected chi connectivity index (χ3v) is 3.52. The first-order valence-corrected chi connectivity index (χ1v) is 5.08. The molecule has 0 saturated heterocycles. The lowest BCUT2D eigenvalue weighted by atomic mass is 9.65. The first kappa shape index (κ1) is 7.60. The lowest BCUT2D eigenvalue weighted by molar-refractivity contribution is 0.100. The van der Waals surface area contributed by atoms with Crippen LogP contribution in [-0.2, 0) is 0 Å². The average molecular weight is 153 g/mol. The maximum absolute atomic E-state index is 3.51. The Kier molecular flexibility index (Phi) is 1.92. The van der Waals surface area contributed by atoms with Gasteiger partial charge in [-0.1, -0.05) is 13.3 Å². The maximum Gasteiger partial charge on any atom is 0.00103 e. The first-order valence-electron chi connectivity index (χ1n) is 5.08. The van der Waals surface area contributed by atoms with Gasteiger partial charge in [-0.25, -0.2) is 0 Å². The molecule has 0 radical (unpaired) electrons. The molecule has 64 valence electrons. The van der Waals surface area contributed by atoms with Crippen molar-refractivity contribution in [2.24, 2.45) is 11.3 Å². The van der Waals surface area contributed by atoms with Crippen LogP contribution in [0, 0.1) is 11.3 Å². The van der Waals surface area contributed by atoms with Crippen molar-refractivity contribution >= 4 is 0 Å². The third-order valence-electron chi connectivity index (χ3n) is 3.52. The molecule has 1 nitrogen and oxygen atoms in total. The van der Waals surface area contributed by atoms with Gasteiger partial charge in [0.15, 0.2) is 0 Å². The first-order chi connectivity index (χ1) is 5.37. The largest absolute Gasteiger partial charge is 0.316 e. The van der Waals surface area contributed by atoms with Gasteiger partial charge in [0.1, 0.15) is 0 Å². The molecule has 0 unspecified atom stereocenters. The predicted octanol–water partition coefficient (Wildman–Crippen LogP) is 2.18. The van der Waals surface area contributed by atoms with E-state index in [-0.39, 0.29) is 0 Å². The van der Waals surface area contributed by atoms with Crippen molar-refractivity contribution < 1.29 is 0 Å². The van der Waals surface area contributed by atoms with E-state index in [2.05, 4.69) is 12.2 Å². The summed E-state index contributed by atoms with van der Waals surface area (Å²) >= 11 is 0. The standard InChI is InChI=1S/C10H19N/c1-2-11-8-10(6-3-7-10)9-4-5-9/h9,11H,2-8H2,1H3. The quantitative estimate of drug-likeness (QED) is 0.652. The summed E-state index contributed by atoms with van der Waals surface area (Å²) in [5.74, 6) is 1.11. The molecule has 0 spiro atoms. The van der Waals surface area contributed by atoms with Gasteiger partial charge < -0.3 is 5.32 Å². The Hall–Kier alpha value is -0.0400. The Morgan fingerprint density at radius 2 is 2.09 bits per heavy atom. The van der Waals surface area contributed by atoms with Crippen molar-refractivity contribution in [3.63, 3.8) is 0 Å². The molecular weight excluding hydrogens is 134 g/mol. The van der Waals surface area contributed by atoms with Crippen molar-refractivity contribution in [2.45, 2.75) is 39.0 Å². The highest BCUT2D eigenvalue weighted by atomic mass is 14.9. The molecule has 0 atom stereocenters. The van der Waals surface area contributed by atoms with Gasteiger partial charge in [-0.3, -0.25) is 0 Å². The Balaban J connectivity index is 1.83. The maximum atomic E-state index is 3.51. The van der Waals surface area contributed by atoms with Gasteiger partial charge in [-0.05, 0) is 43.6 Å². The fraction of sp³-hybridized carbons (Fsp3) is 1.00. The van der Waals surface area contributed by atoms with Gasteiger partial charge in [0.05, 0.1) is 0 Å². The average Bonchev–Trinajstić information content (AvgIpc) is 2.69. The van der Waals surface area contributed by atoms with E-state index in [0.29, 0.717) is 0 Å². The van der Waals surface area contributed by atoms with E-state index in [9.17, 15) is 0 Å². The number of rotatable bonds is 4. The van der Waals surface area contributed by atoms with Crippen LogP contribution in [0.3, 0.4) is 0 Å². The molecule has 0 aliphatic heterocycles. The van der Waals surface area contributed by atoms with Crippen molar-refractivity contribution in [1.82, 2.24) is 5.32 Å². The molecule has 2 rings (SSSR count). The molecule has 0 aromatic carbocycles. The van der Waals surface area contributed by atoms with Crippen LogP contribution in [0.5, 0.6) is 0 Å². The van der Waals surface area contributed by atoms with Crippen LogP contribution in [-0.4, -0.2) is 13.1 Å².